The number of carbonyl (C=O) groups excluding carboxylic acids is 1. The molecular weight excluding hydrogens is 1080 g/mol. The van der Waals surface area contributed by atoms with Crippen LogP contribution in [0.1, 0.15) is 125 Å². The van der Waals surface area contributed by atoms with E-state index in [0.29, 0.717) is 31.6 Å². The second-order valence-corrected chi connectivity index (χ2v) is 24.0. The number of likely N-dealkylation sites (N-methyl/N-ethyl adjacent to an activating group) is 2. The second kappa shape index (κ2) is 26.0. The van der Waals surface area contributed by atoms with Gasteiger partial charge in [-0.05, 0) is 146 Å². The van der Waals surface area contributed by atoms with Crippen molar-refractivity contribution in [3.8, 4) is 5.69 Å². The number of methoxy groups -OCH3 is 1. The quantitative estimate of drug-likeness (QED) is 0.0672. The number of nitrogens with zero attached hydrogens (tertiary/aromatic N) is 8. The molecule has 18 atom stereocenters. The number of esters is 1. The Labute approximate surface area is 457 Å². The molecule has 3 aliphatic rings. The Morgan fingerprint density at radius 1 is 0.933 bits per heavy atom. The van der Waals surface area contributed by atoms with Gasteiger partial charge in [0, 0.05) is 63.8 Å². The molecule has 1 unspecified atom stereocenters. The number of carbonyl (C=O) groups is 1. The Hall–Kier alpha value is -2.78. The van der Waals surface area contributed by atoms with Gasteiger partial charge in [0.2, 0.25) is 0 Å². The van der Waals surface area contributed by atoms with Crippen molar-refractivity contribution in [2.24, 2.45) is 23.7 Å². The lowest BCUT2D eigenvalue weighted by Gasteiger charge is -2.51. The van der Waals surface area contributed by atoms with Crippen LogP contribution in [0.3, 0.4) is 0 Å². The standard InChI is InChI=1S/C54H89IN8O12/c1-14-43-54(10,70)46(66)35(6)61(12)28-31(2)26-52(8,69)48(33(4)44(34(5)50(68)74-43)42-27-53(9,71-13)47(67)36(7)73-42)75-51-45(65)41(25-32(3)72-51)60(11)24-22-38-29-62(58-56-38)23-16-15-17-37-18-20-39(21-19-37)63-49(55)40(30-64)57-59-63/h18-21,29,31-36,41-48,51,64-67,69-70H,14-17,22-28,30H2,1-13H3/t31-,32-,33+,34-,35-,36+,41+,42?,43-,44+,45-,46-,47+,48-,51+,52-,53-,54-/m1/s1. The molecule has 0 amide bonds. The van der Waals surface area contributed by atoms with Gasteiger partial charge in [0.1, 0.15) is 39.4 Å². The summed E-state index contributed by atoms with van der Waals surface area (Å²) in [6, 6.07) is 7.25. The van der Waals surface area contributed by atoms with Crippen LogP contribution in [-0.4, -0.2) is 195 Å². The van der Waals surface area contributed by atoms with E-state index in [9.17, 15) is 35.4 Å². The maximum atomic E-state index is 14.6. The van der Waals surface area contributed by atoms with E-state index < -0.39 is 102 Å². The zero-order chi connectivity index (χ0) is 55.3. The van der Waals surface area contributed by atoms with E-state index in [1.807, 2.05) is 76.6 Å². The Morgan fingerprint density at radius 3 is 2.27 bits per heavy atom. The average molecular weight is 1170 g/mol. The molecule has 5 heterocycles. The molecule has 20 nitrogen and oxygen atoms in total. The molecule has 3 aromatic rings. The highest BCUT2D eigenvalue weighted by atomic mass is 127. The van der Waals surface area contributed by atoms with Crippen LogP contribution in [0.5, 0.6) is 0 Å². The van der Waals surface area contributed by atoms with E-state index in [2.05, 4.69) is 60.2 Å². The van der Waals surface area contributed by atoms with Crippen LogP contribution in [0, 0.1) is 27.4 Å². The van der Waals surface area contributed by atoms with Crippen LogP contribution in [0.15, 0.2) is 30.5 Å². The molecule has 0 aliphatic carbocycles. The number of hydrogen-bond donors (Lipinski definition) is 6. The van der Waals surface area contributed by atoms with E-state index in [1.54, 1.807) is 32.4 Å². The lowest BCUT2D eigenvalue weighted by atomic mass is 9.68. The zero-order valence-corrected chi connectivity index (χ0v) is 48.8. The van der Waals surface area contributed by atoms with Gasteiger partial charge in [0.25, 0.3) is 0 Å². The van der Waals surface area contributed by atoms with Gasteiger partial charge in [0.15, 0.2) is 6.29 Å². The number of aromatic nitrogens is 6. The number of hydrogen-bond acceptors (Lipinski definition) is 18. The first kappa shape index (κ1) is 61.4. The Morgan fingerprint density at radius 2 is 1.63 bits per heavy atom. The average Bonchev–Trinajstić information content (AvgIpc) is 3.99. The van der Waals surface area contributed by atoms with Gasteiger partial charge < -0.3 is 64.1 Å². The van der Waals surface area contributed by atoms with Crippen molar-refractivity contribution in [1.82, 2.24) is 39.8 Å². The Kier molecular flexibility index (Phi) is 21.3. The molecule has 2 aromatic heterocycles. The Balaban J connectivity index is 1.18. The number of ether oxygens (including phenoxy) is 5. The van der Waals surface area contributed by atoms with Gasteiger partial charge in [-0.15, -0.1) is 10.2 Å². The molecule has 1 aromatic carbocycles. The summed E-state index contributed by atoms with van der Waals surface area (Å²) in [4.78, 5) is 18.7. The number of halogens is 1. The van der Waals surface area contributed by atoms with Crippen molar-refractivity contribution in [2.45, 2.75) is 218 Å². The van der Waals surface area contributed by atoms with Gasteiger partial charge >= 0.3 is 5.97 Å². The van der Waals surface area contributed by atoms with E-state index in [4.69, 9.17) is 23.7 Å². The van der Waals surface area contributed by atoms with Gasteiger partial charge in [-0.25, -0.2) is 4.68 Å². The molecule has 3 aliphatic heterocycles. The minimum Gasteiger partial charge on any atom is -0.459 e. The number of aliphatic hydroxyl groups is 6. The lowest BCUT2D eigenvalue weighted by molar-refractivity contribution is -0.302. The van der Waals surface area contributed by atoms with Crippen LogP contribution < -0.4 is 0 Å². The third kappa shape index (κ3) is 14.3. The minimum atomic E-state index is -1.81. The summed E-state index contributed by atoms with van der Waals surface area (Å²) < 4.78 is 36.6. The molecule has 75 heavy (non-hydrogen) atoms. The first-order valence-corrected chi connectivity index (χ1v) is 28.1. The summed E-state index contributed by atoms with van der Waals surface area (Å²) in [5.74, 6) is -3.12. The smallest absolute Gasteiger partial charge is 0.309 e. The number of unbranched alkanes of at least 4 members (excludes halogenated alkanes) is 1. The van der Waals surface area contributed by atoms with Crippen molar-refractivity contribution < 1.29 is 59.1 Å². The highest BCUT2D eigenvalue weighted by Crippen LogP contribution is 2.45. The highest BCUT2D eigenvalue weighted by molar-refractivity contribution is 14.1. The summed E-state index contributed by atoms with van der Waals surface area (Å²) in [6.07, 6.45) is -1.93. The number of aliphatic hydroxyl groups excluding tert-OH is 4. The van der Waals surface area contributed by atoms with E-state index in [-0.39, 0.29) is 37.9 Å². The molecule has 3 fully saturated rings. The van der Waals surface area contributed by atoms with Gasteiger partial charge in [-0.1, -0.05) is 50.3 Å². The van der Waals surface area contributed by atoms with Crippen LogP contribution in [0.2, 0.25) is 0 Å². The topological polar surface area (TPSA) is 252 Å². The largest absolute Gasteiger partial charge is 0.459 e. The van der Waals surface area contributed by atoms with Crippen molar-refractivity contribution in [1.29, 1.82) is 0 Å². The van der Waals surface area contributed by atoms with Crippen LogP contribution in [0.4, 0.5) is 0 Å². The number of cyclic esters (lactones) is 1. The molecule has 6 N–H and O–H groups in total. The van der Waals surface area contributed by atoms with Crippen molar-refractivity contribution in [2.75, 3.05) is 34.3 Å². The van der Waals surface area contributed by atoms with E-state index in [1.165, 1.54) is 19.6 Å². The second-order valence-electron chi connectivity index (χ2n) is 23.0. The monoisotopic (exact) mass is 1170 g/mol. The third-order valence-corrected chi connectivity index (χ3v) is 18.0. The number of aryl methyl sites for hydroxylation is 2. The van der Waals surface area contributed by atoms with Gasteiger partial charge in [-0.2, -0.15) is 0 Å². The van der Waals surface area contributed by atoms with Gasteiger partial charge in [-0.3, -0.25) is 9.48 Å². The predicted molar refractivity (Wildman–Crippen MR) is 288 cm³/mol. The molecule has 21 heteroatoms. The third-order valence-electron chi connectivity index (χ3n) is 16.9. The first-order chi connectivity index (χ1) is 35.3. The normalized spacial score (nSPS) is 38.0. The fourth-order valence-corrected chi connectivity index (χ4v) is 12.9. The van der Waals surface area contributed by atoms with E-state index in [0.717, 1.165) is 40.9 Å². The fraction of sp³-hybridized carbons (Fsp3) is 0.796. The Bertz CT molecular complexity index is 2270. The summed E-state index contributed by atoms with van der Waals surface area (Å²) in [6.45, 7) is 19.6. The zero-order valence-electron chi connectivity index (χ0n) is 46.6. The van der Waals surface area contributed by atoms with Crippen LogP contribution >= 0.6 is 22.6 Å². The van der Waals surface area contributed by atoms with Crippen LogP contribution in [-0.2, 0) is 54.5 Å². The SMILES string of the molecule is CC[C@H]1OC(=O)[C@H](C)[C@@H](C2C[C@@](C)(OC)[C@@H](O)[C@H](C)O2)[C@H](C)[C@@H](O[C@@H]2O[C@H](C)C[C@H](N(C)CCc3cn(CCCCc4ccc(-n5nnc(CO)c5I)cc4)nn3)[C@H]2O)[C@](C)(O)C[C@@H](C)CN(C)[C@H](C)[C@@H](O)[C@]1(C)O. The lowest BCUT2D eigenvalue weighted by Crippen LogP contribution is -2.62. The van der Waals surface area contributed by atoms with E-state index >= 15 is 0 Å². The summed E-state index contributed by atoms with van der Waals surface area (Å²) in [5.41, 5.74) is -0.965. The van der Waals surface area contributed by atoms with Gasteiger partial charge in [0.05, 0.1) is 59.5 Å². The molecule has 0 bridgehead atoms. The summed E-state index contributed by atoms with van der Waals surface area (Å²) in [5, 5.41) is 86.7. The molecule has 6 rings (SSSR count). The molecule has 3 saturated heterocycles. The minimum absolute atomic E-state index is 0.155. The maximum absolute atomic E-state index is 14.6. The molecule has 0 spiro atoms. The summed E-state index contributed by atoms with van der Waals surface area (Å²) >= 11 is 2.14. The maximum Gasteiger partial charge on any atom is 0.309 e. The van der Waals surface area contributed by atoms with Crippen molar-refractivity contribution in [3.05, 3.63) is 51.1 Å². The van der Waals surface area contributed by atoms with Crippen LogP contribution in [0.25, 0.3) is 5.69 Å². The number of rotatable bonds is 16. The first-order valence-electron chi connectivity index (χ1n) is 27.1. The molecular formula is C54H89IN8O12. The van der Waals surface area contributed by atoms with Crippen molar-refractivity contribution >= 4 is 28.6 Å². The highest BCUT2D eigenvalue weighted by Gasteiger charge is 2.55. The van der Waals surface area contributed by atoms with Crippen molar-refractivity contribution in [3.63, 3.8) is 0 Å². The predicted octanol–water partition coefficient (Wildman–Crippen LogP) is 4.08. The molecule has 424 valence electrons. The fourth-order valence-electron chi connectivity index (χ4n) is 12.2. The number of benzene rings is 1. The molecule has 0 saturated carbocycles. The summed E-state index contributed by atoms with van der Waals surface area (Å²) in [7, 11) is 5.35. The molecule has 0 radical (unpaired) electrons.